The van der Waals surface area contributed by atoms with Gasteiger partial charge in [-0.1, -0.05) is 6.92 Å². The largest absolute Gasteiger partial charge is 0.481 e. The van der Waals surface area contributed by atoms with Gasteiger partial charge in [-0.2, -0.15) is 0 Å². The zero-order valence-electron chi connectivity index (χ0n) is 10.8. The molecular formula is C12H18N2O4. The van der Waals surface area contributed by atoms with E-state index < -0.39 is 5.97 Å². The topological polar surface area (TPSA) is 92.4 Å². The molecule has 0 aliphatic heterocycles. The average molecular weight is 254 g/mol. The molecule has 0 saturated carbocycles. The molecule has 2 atom stereocenters. The van der Waals surface area contributed by atoms with Crippen LogP contribution in [-0.4, -0.2) is 22.0 Å². The van der Waals surface area contributed by atoms with Crippen molar-refractivity contribution in [1.82, 2.24) is 10.3 Å². The van der Waals surface area contributed by atoms with Crippen molar-refractivity contribution >= 4 is 11.9 Å². The molecule has 18 heavy (non-hydrogen) atoms. The normalized spacial score (nSPS) is 13.9. The highest BCUT2D eigenvalue weighted by molar-refractivity contribution is 5.77. The minimum atomic E-state index is -0.897. The van der Waals surface area contributed by atoms with Crippen LogP contribution in [0.1, 0.15) is 44.4 Å². The van der Waals surface area contributed by atoms with Gasteiger partial charge in [-0.3, -0.25) is 9.59 Å². The Morgan fingerprint density at radius 2 is 2.11 bits per heavy atom. The summed E-state index contributed by atoms with van der Waals surface area (Å²) >= 11 is 0. The predicted octanol–water partition coefficient (Wildman–Crippen LogP) is 1.66. The van der Waals surface area contributed by atoms with Gasteiger partial charge in [0.2, 0.25) is 11.8 Å². The fourth-order valence-electron chi connectivity index (χ4n) is 1.62. The maximum atomic E-state index is 11.7. The van der Waals surface area contributed by atoms with Crippen LogP contribution >= 0.6 is 0 Å². The lowest BCUT2D eigenvalue weighted by atomic mass is 10.0. The summed E-state index contributed by atoms with van der Waals surface area (Å²) in [6, 6.07) is -0.316. The van der Waals surface area contributed by atoms with Crippen LogP contribution in [0.3, 0.4) is 0 Å². The molecule has 1 amide bonds. The summed E-state index contributed by atoms with van der Waals surface area (Å²) in [5.74, 6) is -0.156. The number of aryl methyl sites for hydroxylation is 1. The Balaban J connectivity index is 2.42. The van der Waals surface area contributed by atoms with E-state index in [4.69, 9.17) is 9.52 Å². The highest BCUT2D eigenvalue weighted by Gasteiger charge is 2.17. The van der Waals surface area contributed by atoms with E-state index in [9.17, 15) is 9.59 Å². The van der Waals surface area contributed by atoms with Crippen molar-refractivity contribution in [2.45, 2.75) is 39.7 Å². The van der Waals surface area contributed by atoms with E-state index in [-0.39, 0.29) is 30.7 Å². The fraction of sp³-hybridized carbons (Fsp3) is 0.583. The van der Waals surface area contributed by atoms with Crippen molar-refractivity contribution in [3.8, 4) is 0 Å². The molecule has 2 N–H and O–H groups in total. The molecule has 0 aliphatic carbocycles. The Kier molecular flexibility index (Phi) is 4.88. The van der Waals surface area contributed by atoms with Gasteiger partial charge in [-0.05, 0) is 19.8 Å². The van der Waals surface area contributed by atoms with E-state index in [0.29, 0.717) is 11.7 Å². The zero-order chi connectivity index (χ0) is 13.7. The molecule has 0 bridgehead atoms. The van der Waals surface area contributed by atoms with E-state index in [0.717, 1.165) is 0 Å². The summed E-state index contributed by atoms with van der Waals surface area (Å²) in [7, 11) is 0. The van der Waals surface area contributed by atoms with Crippen LogP contribution in [0.2, 0.25) is 0 Å². The second-order valence-corrected chi connectivity index (χ2v) is 4.51. The highest BCUT2D eigenvalue weighted by atomic mass is 16.4. The smallest absolute Gasteiger partial charge is 0.303 e. The van der Waals surface area contributed by atoms with Gasteiger partial charge < -0.3 is 14.8 Å². The van der Waals surface area contributed by atoms with Crippen LogP contribution in [-0.2, 0) is 9.59 Å². The van der Waals surface area contributed by atoms with Gasteiger partial charge in [0, 0.05) is 12.8 Å². The minimum absolute atomic E-state index is 0.0140. The first kappa shape index (κ1) is 14.2. The number of nitrogens with zero attached hydrogens (tertiary/aromatic N) is 1. The number of aliphatic carboxylic acids is 1. The van der Waals surface area contributed by atoms with Crippen molar-refractivity contribution in [1.29, 1.82) is 0 Å². The van der Waals surface area contributed by atoms with Crippen molar-refractivity contribution in [3.63, 3.8) is 0 Å². The van der Waals surface area contributed by atoms with Gasteiger partial charge >= 0.3 is 5.97 Å². The van der Waals surface area contributed by atoms with E-state index >= 15 is 0 Å². The lowest BCUT2D eigenvalue weighted by molar-refractivity contribution is -0.138. The summed E-state index contributed by atoms with van der Waals surface area (Å²) < 4.78 is 5.30. The van der Waals surface area contributed by atoms with E-state index in [1.165, 1.54) is 0 Å². The third kappa shape index (κ3) is 4.57. The maximum absolute atomic E-state index is 11.7. The molecule has 0 radical (unpaired) electrons. The minimum Gasteiger partial charge on any atom is -0.481 e. The third-order valence-electron chi connectivity index (χ3n) is 2.44. The SMILES string of the molecule is Cc1cnc(C(C)NC(=O)CC(C)CC(=O)O)o1. The first-order chi connectivity index (χ1) is 8.38. The Hall–Kier alpha value is -1.85. The third-order valence-corrected chi connectivity index (χ3v) is 2.44. The molecular weight excluding hydrogens is 236 g/mol. The molecule has 6 nitrogen and oxygen atoms in total. The monoisotopic (exact) mass is 254 g/mol. The number of carboxylic acid groups (broad SMARTS) is 1. The number of amides is 1. The molecule has 0 fully saturated rings. The Labute approximate surface area is 105 Å². The molecule has 1 heterocycles. The van der Waals surface area contributed by atoms with Crippen molar-refractivity contribution < 1.29 is 19.1 Å². The number of aromatic nitrogens is 1. The van der Waals surface area contributed by atoms with E-state index in [2.05, 4.69) is 10.3 Å². The second-order valence-electron chi connectivity index (χ2n) is 4.51. The van der Waals surface area contributed by atoms with Gasteiger partial charge in [0.15, 0.2) is 0 Å². The van der Waals surface area contributed by atoms with Gasteiger partial charge in [0.25, 0.3) is 0 Å². The standard InChI is InChI=1S/C12H18N2O4/c1-7(5-11(16)17)4-10(15)14-9(3)12-13-6-8(2)18-12/h6-7,9H,4-5H2,1-3H3,(H,14,15)(H,16,17). The summed E-state index contributed by atoms with van der Waals surface area (Å²) in [6.45, 7) is 5.28. The number of carbonyl (C=O) groups excluding carboxylic acids is 1. The summed E-state index contributed by atoms with van der Waals surface area (Å²) in [5.41, 5.74) is 0. The molecule has 2 unspecified atom stereocenters. The maximum Gasteiger partial charge on any atom is 0.303 e. The van der Waals surface area contributed by atoms with Gasteiger partial charge in [0.05, 0.1) is 6.20 Å². The molecule has 0 saturated heterocycles. The number of nitrogens with one attached hydrogen (secondary N) is 1. The van der Waals surface area contributed by atoms with E-state index in [1.54, 1.807) is 27.0 Å². The number of hydrogen-bond acceptors (Lipinski definition) is 4. The van der Waals surface area contributed by atoms with Crippen LogP contribution in [0.4, 0.5) is 0 Å². The van der Waals surface area contributed by atoms with Crippen molar-refractivity contribution in [3.05, 3.63) is 17.8 Å². The Morgan fingerprint density at radius 3 is 2.61 bits per heavy atom. The number of carboxylic acids is 1. The lowest BCUT2D eigenvalue weighted by Crippen LogP contribution is -2.28. The quantitative estimate of drug-likeness (QED) is 0.805. The molecule has 1 aromatic heterocycles. The summed E-state index contributed by atoms with van der Waals surface area (Å²) in [5, 5.41) is 11.3. The molecule has 100 valence electrons. The lowest BCUT2D eigenvalue weighted by Gasteiger charge is -2.12. The number of carbonyl (C=O) groups is 2. The summed E-state index contributed by atoms with van der Waals surface area (Å²) in [6.07, 6.45) is 1.75. The van der Waals surface area contributed by atoms with Crippen LogP contribution in [0.15, 0.2) is 10.6 Å². The fourth-order valence-corrected chi connectivity index (χ4v) is 1.62. The molecule has 0 aliphatic rings. The van der Waals surface area contributed by atoms with E-state index in [1.807, 2.05) is 0 Å². The van der Waals surface area contributed by atoms with Crippen LogP contribution in [0.25, 0.3) is 0 Å². The molecule has 0 aromatic carbocycles. The van der Waals surface area contributed by atoms with Crippen LogP contribution in [0.5, 0.6) is 0 Å². The second kappa shape index (κ2) is 6.18. The summed E-state index contributed by atoms with van der Waals surface area (Å²) in [4.78, 5) is 26.2. The number of rotatable bonds is 6. The molecule has 0 spiro atoms. The molecule has 6 heteroatoms. The number of hydrogen-bond donors (Lipinski definition) is 2. The predicted molar refractivity (Wildman–Crippen MR) is 63.8 cm³/mol. The highest BCUT2D eigenvalue weighted by Crippen LogP contribution is 2.13. The molecule has 1 aromatic rings. The van der Waals surface area contributed by atoms with Crippen LogP contribution in [0, 0.1) is 12.8 Å². The Bertz CT molecular complexity index is 427. The first-order valence-electron chi connectivity index (χ1n) is 5.82. The van der Waals surface area contributed by atoms with Crippen molar-refractivity contribution in [2.75, 3.05) is 0 Å². The Morgan fingerprint density at radius 1 is 1.44 bits per heavy atom. The molecule has 1 rings (SSSR count). The van der Waals surface area contributed by atoms with Gasteiger partial charge in [0.1, 0.15) is 11.8 Å². The average Bonchev–Trinajstić information content (AvgIpc) is 2.62. The van der Waals surface area contributed by atoms with Crippen LogP contribution < -0.4 is 5.32 Å². The van der Waals surface area contributed by atoms with Crippen molar-refractivity contribution in [2.24, 2.45) is 5.92 Å². The first-order valence-corrected chi connectivity index (χ1v) is 5.82. The van der Waals surface area contributed by atoms with Gasteiger partial charge in [-0.25, -0.2) is 4.98 Å². The zero-order valence-corrected chi connectivity index (χ0v) is 10.8. The number of oxazole rings is 1. The van der Waals surface area contributed by atoms with Gasteiger partial charge in [-0.15, -0.1) is 0 Å².